The van der Waals surface area contributed by atoms with E-state index >= 15 is 4.39 Å². The minimum absolute atomic E-state index is 0.0152. The fourth-order valence-electron chi connectivity index (χ4n) is 12.6. The number of fused-ring (bicyclic) bond motifs is 6. The number of carbonyl (C=O) groups excluding carboxylic acids is 6. The quantitative estimate of drug-likeness (QED) is 0.143. The van der Waals surface area contributed by atoms with Crippen LogP contribution in [0.15, 0.2) is 40.9 Å². The molecular formula is C51H63FN4O15. The van der Waals surface area contributed by atoms with Crippen molar-refractivity contribution < 1.29 is 72.2 Å². The Morgan fingerprint density at radius 1 is 1.00 bits per heavy atom. The fourth-order valence-corrected chi connectivity index (χ4v) is 12.6. The van der Waals surface area contributed by atoms with Crippen molar-refractivity contribution in [1.82, 2.24) is 14.8 Å². The van der Waals surface area contributed by atoms with Gasteiger partial charge in [-0.15, -0.1) is 0 Å². The smallest absolute Gasteiger partial charge is 0.413 e. The van der Waals surface area contributed by atoms with Crippen LogP contribution in [0, 0.1) is 40.3 Å². The first-order chi connectivity index (χ1) is 33.5. The van der Waals surface area contributed by atoms with Gasteiger partial charge in [0.15, 0.2) is 24.0 Å². The zero-order valence-electron chi connectivity index (χ0n) is 40.9. The van der Waals surface area contributed by atoms with Gasteiger partial charge >= 0.3 is 24.0 Å². The van der Waals surface area contributed by atoms with E-state index in [-0.39, 0.29) is 84.4 Å². The summed E-state index contributed by atoms with van der Waals surface area (Å²) in [5.74, 6) is -6.21. The van der Waals surface area contributed by atoms with Crippen LogP contribution in [0.5, 0.6) is 5.75 Å². The van der Waals surface area contributed by atoms with Crippen molar-refractivity contribution in [3.05, 3.63) is 57.7 Å². The van der Waals surface area contributed by atoms with E-state index in [0.717, 1.165) is 24.5 Å². The Bertz CT molecular complexity index is 2680. The lowest BCUT2D eigenvalue weighted by Crippen LogP contribution is -2.62. The molecular weight excluding hydrogens is 928 g/mol. The van der Waals surface area contributed by atoms with Gasteiger partial charge in [0.05, 0.1) is 30.5 Å². The Hall–Kier alpha value is -6.15. The number of hydrogen-bond donors (Lipinski definition) is 4. The number of methoxy groups -OCH3 is 1. The molecule has 6 aliphatic rings. The number of ether oxygens (including phenoxy) is 4. The van der Waals surface area contributed by atoms with Crippen LogP contribution >= 0.6 is 0 Å². The highest BCUT2D eigenvalue weighted by atomic mass is 19.1. The first-order valence-corrected chi connectivity index (χ1v) is 24.4. The minimum Gasteiger partial charge on any atom is -0.492 e. The van der Waals surface area contributed by atoms with Crippen molar-refractivity contribution in [2.75, 3.05) is 45.0 Å². The summed E-state index contributed by atoms with van der Waals surface area (Å²) in [6.45, 7) is 7.64. The van der Waals surface area contributed by atoms with Crippen molar-refractivity contribution in [3.8, 4) is 5.75 Å². The lowest BCUT2D eigenvalue weighted by Gasteiger charge is -2.59. The number of aromatic carboxylic acids is 1. The molecule has 384 valence electrons. The van der Waals surface area contributed by atoms with Crippen LogP contribution in [-0.4, -0.2) is 130 Å². The van der Waals surface area contributed by atoms with Gasteiger partial charge in [-0.2, -0.15) is 0 Å². The van der Waals surface area contributed by atoms with E-state index in [1.807, 2.05) is 19.9 Å². The van der Waals surface area contributed by atoms with Crippen molar-refractivity contribution in [1.29, 1.82) is 0 Å². The molecule has 19 nitrogen and oxygen atoms in total. The SMILES string of the molecule is COc1c(N2CCN(C(=O)OCOC(=O)CCC(=O)N[C@@H](C(=O)OCC(=O)[C@]3(O)CCC4C5CCC6=CC(=O)C=C[C@@]6(C)C5[C@H](O)C[C@]43C)C(C)C)C(C)C2)c(F)cc2c(=O)c(C(=O)O)cn(C3CC3)c12. The number of benzene rings is 1. The van der Waals surface area contributed by atoms with Crippen LogP contribution < -0.4 is 20.4 Å². The molecule has 0 bridgehead atoms. The number of rotatable bonds is 15. The van der Waals surface area contributed by atoms with E-state index in [9.17, 15) is 53.7 Å². The number of esters is 2. The Balaban J connectivity index is 0.791. The third-order valence-electron chi connectivity index (χ3n) is 16.4. The number of Topliss-reactive ketones (excluding diaryl/α,β-unsaturated/α-hetero) is 1. The number of ketones is 2. The summed E-state index contributed by atoms with van der Waals surface area (Å²) in [6, 6.07) is -0.817. The van der Waals surface area contributed by atoms with Crippen LogP contribution in [0.1, 0.15) is 109 Å². The number of anilines is 1. The number of aliphatic hydroxyl groups excluding tert-OH is 1. The number of pyridine rings is 1. The second kappa shape index (κ2) is 19.5. The molecule has 1 saturated heterocycles. The van der Waals surface area contributed by atoms with Gasteiger partial charge in [-0.05, 0) is 87.8 Å². The molecule has 2 aromatic rings. The first kappa shape index (κ1) is 51.2. The number of amides is 2. The molecule has 0 radical (unpaired) electrons. The molecule has 4 saturated carbocycles. The number of nitrogens with one attached hydrogen (secondary N) is 1. The summed E-state index contributed by atoms with van der Waals surface area (Å²) in [5, 5.41) is 35.8. The number of carbonyl (C=O) groups is 7. The van der Waals surface area contributed by atoms with Gasteiger partial charge in [-0.3, -0.25) is 24.0 Å². The summed E-state index contributed by atoms with van der Waals surface area (Å²) < 4.78 is 38.9. The summed E-state index contributed by atoms with van der Waals surface area (Å²) in [4.78, 5) is 106. The summed E-state index contributed by atoms with van der Waals surface area (Å²) >= 11 is 0. The van der Waals surface area contributed by atoms with Crippen LogP contribution in [0.25, 0.3) is 10.9 Å². The third kappa shape index (κ3) is 9.21. The summed E-state index contributed by atoms with van der Waals surface area (Å²) in [7, 11) is 1.33. The van der Waals surface area contributed by atoms with Crippen LogP contribution in [-0.2, 0) is 38.2 Å². The molecule has 4 unspecified atom stereocenters. The van der Waals surface area contributed by atoms with E-state index in [4.69, 9.17) is 18.9 Å². The maximum atomic E-state index is 15.9. The van der Waals surface area contributed by atoms with Crippen LogP contribution in [0.2, 0.25) is 0 Å². The van der Waals surface area contributed by atoms with Crippen LogP contribution in [0.4, 0.5) is 14.9 Å². The van der Waals surface area contributed by atoms with Gasteiger partial charge < -0.3 is 54.0 Å². The number of nitrogens with zero attached hydrogens (tertiary/aromatic N) is 3. The number of hydrogen-bond acceptors (Lipinski definition) is 15. The molecule has 1 aliphatic heterocycles. The molecule has 5 aliphatic carbocycles. The lowest BCUT2D eigenvalue weighted by atomic mass is 9.46. The maximum absolute atomic E-state index is 15.9. The largest absolute Gasteiger partial charge is 0.492 e. The number of halogens is 1. The number of carboxylic acid groups (broad SMARTS) is 1. The average molecular weight is 991 g/mol. The monoisotopic (exact) mass is 990 g/mol. The zero-order chi connectivity index (χ0) is 51.5. The van der Waals surface area contributed by atoms with Gasteiger partial charge in [-0.1, -0.05) is 39.3 Å². The zero-order valence-corrected chi connectivity index (χ0v) is 40.9. The van der Waals surface area contributed by atoms with E-state index in [2.05, 4.69) is 5.32 Å². The molecule has 5 fully saturated rings. The minimum atomic E-state index is -1.88. The Labute approximate surface area is 409 Å². The topological polar surface area (TPSA) is 258 Å². The highest BCUT2D eigenvalue weighted by Gasteiger charge is 2.68. The Morgan fingerprint density at radius 2 is 1.73 bits per heavy atom. The first-order valence-electron chi connectivity index (χ1n) is 24.4. The van der Waals surface area contributed by atoms with Gasteiger partial charge in [-0.25, -0.2) is 18.8 Å². The van der Waals surface area contributed by atoms with Gasteiger partial charge in [0, 0.05) is 61.1 Å². The molecule has 2 heterocycles. The normalized spacial score (nSPS) is 29.4. The van der Waals surface area contributed by atoms with Crippen molar-refractivity contribution >= 4 is 58.1 Å². The van der Waals surface area contributed by atoms with Crippen molar-refractivity contribution in [2.24, 2.45) is 34.5 Å². The van der Waals surface area contributed by atoms with Crippen molar-refractivity contribution in [2.45, 2.75) is 122 Å². The van der Waals surface area contributed by atoms with E-state index < -0.39 is 119 Å². The van der Waals surface area contributed by atoms with Crippen molar-refractivity contribution in [3.63, 3.8) is 0 Å². The van der Waals surface area contributed by atoms with Gasteiger partial charge in [0.1, 0.15) is 22.9 Å². The second-order valence-electron chi connectivity index (χ2n) is 20.9. The standard InChI is InChI=1S/C51H63FN4O15/c1-26(2)41(47(65)69-24-37(59)51(67)16-14-34-31-10-7-28-19-30(57)13-15-49(28,4)40(31)36(58)21-50(34,51)5)53-38(60)11-12-39(61)70-25-71-48(66)55-18-17-54(22-27(55)3)43-35(52)20-32-42(45(43)68-6)56(29-8-9-29)23-33(44(32)62)46(63)64/h13,15,19-20,23,26-27,29,31,34,36,40-41,58,67H,7-12,14,16-18,21-22,24-25H2,1-6H3,(H,53,60)(H,63,64)/t27?,31?,34?,36-,40?,41-,49-,50-,51-/m1/s1. The Morgan fingerprint density at radius 3 is 2.39 bits per heavy atom. The molecule has 8 rings (SSSR count). The highest BCUT2D eigenvalue weighted by molar-refractivity contribution is 6.01. The molecule has 71 heavy (non-hydrogen) atoms. The predicted molar refractivity (Wildman–Crippen MR) is 251 cm³/mol. The number of carboxylic acids is 1. The molecule has 0 spiro atoms. The molecule has 4 N–H and O–H groups in total. The average Bonchev–Trinajstić information content (AvgIpc) is 4.12. The maximum Gasteiger partial charge on any atom is 0.413 e. The Kier molecular flexibility index (Phi) is 14.0. The molecule has 9 atom stereocenters. The fraction of sp³-hybridized carbons (Fsp3) is 0.608. The number of aliphatic hydroxyl groups is 2. The molecule has 1 aromatic heterocycles. The summed E-state index contributed by atoms with van der Waals surface area (Å²) in [6.07, 6.45) is 7.51. The van der Waals surface area contributed by atoms with E-state index in [1.165, 1.54) is 18.2 Å². The molecule has 2 amide bonds. The summed E-state index contributed by atoms with van der Waals surface area (Å²) in [5.41, 5.74) is -3.38. The van der Waals surface area contributed by atoms with E-state index in [1.54, 1.807) is 42.4 Å². The van der Waals surface area contributed by atoms with E-state index in [0.29, 0.717) is 19.3 Å². The number of piperazine rings is 1. The highest BCUT2D eigenvalue weighted by Crippen LogP contribution is 2.67. The van der Waals surface area contributed by atoms with Gasteiger partial charge in [0.2, 0.25) is 23.9 Å². The van der Waals surface area contributed by atoms with Gasteiger partial charge in [0.25, 0.3) is 0 Å². The molecule has 1 aromatic carbocycles. The van der Waals surface area contributed by atoms with Crippen LogP contribution in [0.3, 0.4) is 0 Å². The predicted octanol–water partition coefficient (Wildman–Crippen LogP) is 4.37. The number of aromatic nitrogens is 1. The number of allylic oxidation sites excluding steroid dienone is 4. The lowest BCUT2D eigenvalue weighted by molar-refractivity contribution is -0.181. The second-order valence-corrected chi connectivity index (χ2v) is 20.9. The molecule has 20 heteroatoms. The third-order valence-corrected chi connectivity index (χ3v) is 16.4.